The molecule has 9 nitrogen and oxygen atoms in total. The topological polar surface area (TPSA) is 96.8 Å². The van der Waals surface area contributed by atoms with Crippen molar-refractivity contribution >= 4 is 5.97 Å². The predicted molar refractivity (Wildman–Crippen MR) is 101 cm³/mol. The first-order chi connectivity index (χ1) is 13.4. The number of carbonyl (C=O) groups excluding carboxylic acids is 1. The minimum atomic E-state index is -0.586. The van der Waals surface area contributed by atoms with Gasteiger partial charge in [0.05, 0.1) is 18.4 Å². The second kappa shape index (κ2) is 6.45. The van der Waals surface area contributed by atoms with Gasteiger partial charge >= 0.3 is 5.97 Å². The van der Waals surface area contributed by atoms with Gasteiger partial charge in [0.15, 0.2) is 0 Å². The Labute approximate surface area is 160 Å². The van der Waals surface area contributed by atoms with Gasteiger partial charge in [0.2, 0.25) is 0 Å². The van der Waals surface area contributed by atoms with Gasteiger partial charge < -0.3 is 4.74 Å². The van der Waals surface area contributed by atoms with E-state index in [9.17, 15) is 9.59 Å². The summed E-state index contributed by atoms with van der Waals surface area (Å²) in [6.07, 6.45) is 3.18. The molecule has 2 aliphatic heterocycles. The molecule has 0 fully saturated rings. The van der Waals surface area contributed by atoms with Crippen LogP contribution in [0.1, 0.15) is 27.6 Å². The van der Waals surface area contributed by atoms with Gasteiger partial charge in [-0.05, 0) is 32.4 Å². The number of esters is 1. The molecule has 0 atom stereocenters. The molecule has 0 unspecified atom stereocenters. The van der Waals surface area contributed by atoms with E-state index in [-0.39, 0.29) is 16.8 Å². The number of benzene rings is 1. The van der Waals surface area contributed by atoms with Crippen LogP contribution in [0.15, 0.2) is 41.5 Å². The summed E-state index contributed by atoms with van der Waals surface area (Å²) in [4.78, 5) is 25.5. The summed E-state index contributed by atoms with van der Waals surface area (Å²) in [5.41, 5.74) is 1.97. The van der Waals surface area contributed by atoms with Gasteiger partial charge in [-0.25, -0.2) is 9.47 Å². The molecule has 9 heteroatoms. The maximum absolute atomic E-state index is 13.1. The molecule has 0 saturated carbocycles. The van der Waals surface area contributed by atoms with Crippen molar-refractivity contribution < 1.29 is 9.53 Å². The Hall–Kier alpha value is -3.75. The van der Waals surface area contributed by atoms with Crippen LogP contribution in [-0.4, -0.2) is 42.4 Å². The van der Waals surface area contributed by atoms with E-state index < -0.39 is 5.97 Å². The lowest BCUT2D eigenvalue weighted by Crippen LogP contribution is -2.19. The van der Waals surface area contributed by atoms with Crippen molar-refractivity contribution in [2.24, 2.45) is 0 Å². The first-order valence-corrected chi connectivity index (χ1v) is 8.61. The Morgan fingerprint density at radius 2 is 1.71 bits per heavy atom. The standard InChI is InChI=1S/C19H18N6O3/c1-11-7-5-6-8-16(11)24-18(26)14-9-23(25-12(2)20-21-13(25)3)10-15(17(14)22-24)19(27)28-4/h5-10H,1-4H3. The van der Waals surface area contributed by atoms with Crippen molar-refractivity contribution in [3.63, 3.8) is 0 Å². The third kappa shape index (κ3) is 2.59. The molecule has 4 rings (SSSR count). The number of nitrogens with zero attached hydrogens (tertiary/aromatic N) is 6. The highest BCUT2D eigenvalue weighted by Gasteiger charge is 2.26. The van der Waals surface area contributed by atoms with Crippen LogP contribution >= 0.6 is 0 Å². The molecular weight excluding hydrogens is 360 g/mol. The molecule has 0 aliphatic carbocycles. The van der Waals surface area contributed by atoms with Gasteiger partial charge in [0.1, 0.15) is 22.9 Å². The van der Waals surface area contributed by atoms with E-state index in [4.69, 9.17) is 4.74 Å². The molecule has 0 bridgehead atoms. The van der Waals surface area contributed by atoms with Gasteiger partial charge in [-0.3, -0.25) is 9.47 Å². The Balaban J connectivity index is 2.06. The van der Waals surface area contributed by atoms with Crippen LogP contribution in [0, 0.1) is 20.8 Å². The summed E-state index contributed by atoms with van der Waals surface area (Å²) in [6.45, 7) is 5.46. The van der Waals surface area contributed by atoms with Crippen molar-refractivity contribution in [3.8, 4) is 16.9 Å². The van der Waals surface area contributed by atoms with Crippen molar-refractivity contribution in [1.29, 1.82) is 0 Å². The van der Waals surface area contributed by atoms with Crippen LogP contribution in [0.3, 0.4) is 0 Å². The Morgan fingerprint density at radius 1 is 1.04 bits per heavy atom. The third-order valence-electron chi connectivity index (χ3n) is 4.59. The van der Waals surface area contributed by atoms with Gasteiger partial charge in [0, 0.05) is 12.4 Å². The van der Waals surface area contributed by atoms with Crippen molar-refractivity contribution in [3.05, 3.63) is 69.8 Å². The summed E-state index contributed by atoms with van der Waals surface area (Å²) in [7, 11) is 1.29. The van der Waals surface area contributed by atoms with E-state index in [1.54, 1.807) is 35.6 Å². The summed E-state index contributed by atoms with van der Waals surface area (Å²) in [5.74, 6) is 0.630. The van der Waals surface area contributed by atoms with Gasteiger partial charge in [-0.1, -0.05) is 18.2 Å². The SMILES string of the molecule is COC(=O)c1cn(-n2c(C)nnc2C)cc2c(=O)n(-c3ccccc3C)nc1-2. The zero-order valence-corrected chi connectivity index (χ0v) is 15.9. The quantitative estimate of drug-likeness (QED) is 0.504. The molecule has 0 spiro atoms. The molecule has 2 aromatic rings. The summed E-state index contributed by atoms with van der Waals surface area (Å²) >= 11 is 0. The number of fused-ring (bicyclic) bond motifs is 1. The number of hydrogen-bond acceptors (Lipinski definition) is 6. The van der Waals surface area contributed by atoms with Crippen LogP contribution in [0.25, 0.3) is 16.9 Å². The average molecular weight is 378 g/mol. The Bertz CT molecular complexity index is 1210. The van der Waals surface area contributed by atoms with Crippen molar-refractivity contribution in [2.75, 3.05) is 7.11 Å². The number of hydrogen-bond donors (Lipinski definition) is 0. The van der Waals surface area contributed by atoms with E-state index in [0.717, 1.165) is 5.56 Å². The first-order valence-electron chi connectivity index (χ1n) is 8.61. The molecule has 1 aromatic carbocycles. The number of aryl methyl sites for hydroxylation is 3. The summed E-state index contributed by atoms with van der Waals surface area (Å²) in [5, 5.41) is 12.5. The second-order valence-electron chi connectivity index (χ2n) is 6.42. The maximum atomic E-state index is 13.1. The number of ether oxygens (including phenoxy) is 1. The predicted octanol–water partition coefficient (Wildman–Crippen LogP) is 1.75. The number of rotatable bonds is 3. The lowest BCUT2D eigenvalue weighted by molar-refractivity contribution is 0.0600. The zero-order chi connectivity index (χ0) is 20.0. The molecule has 3 heterocycles. The molecule has 0 amide bonds. The van der Waals surface area contributed by atoms with Crippen LogP contribution in [-0.2, 0) is 4.74 Å². The minimum absolute atomic E-state index is 0.178. The highest BCUT2D eigenvalue weighted by Crippen LogP contribution is 2.24. The van der Waals surface area contributed by atoms with Gasteiger partial charge in [-0.15, -0.1) is 10.2 Å². The van der Waals surface area contributed by atoms with Crippen LogP contribution in [0.5, 0.6) is 0 Å². The molecule has 0 N–H and O–H groups in total. The number of carbonyl (C=O) groups is 1. The number of aromatic nitrogens is 6. The molecule has 142 valence electrons. The smallest absolute Gasteiger partial charge is 0.341 e. The van der Waals surface area contributed by atoms with Crippen molar-refractivity contribution in [2.45, 2.75) is 20.8 Å². The van der Waals surface area contributed by atoms with Crippen LogP contribution in [0.2, 0.25) is 0 Å². The van der Waals surface area contributed by atoms with Crippen molar-refractivity contribution in [1.82, 2.24) is 29.3 Å². The highest BCUT2D eigenvalue weighted by atomic mass is 16.5. The highest BCUT2D eigenvalue weighted by molar-refractivity contribution is 5.96. The maximum Gasteiger partial charge on any atom is 0.341 e. The fraction of sp³-hybridized carbons (Fsp3) is 0.211. The van der Waals surface area contributed by atoms with Crippen LogP contribution < -0.4 is 5.56 Å². The molecule has 0 radical (unpaired) electrons. The number of methoxy groups -OCH3 is 1. The number of pyridine rings is 1. The average Bonchev–Trinajstić information content (AvgIpc) is 3.20. The molecule has 28 heavy (non-hydrogen) atoms. The van der Waals surface area contributed by atoms with Gasteiger partial charge in [-0.2, -0.15) is 9.78 Å². The largest absolute Gasteiger partial charge is 0.465 e. The van der Waals surface area contributed by atoms with Crippen LogP contribution in [0.4, 0.5) is 0 Å². The first kappa shape index (κ1) is 17.7. The molecular formula is C19H18N6O3. The Kier molecular flexibility index (Phi) is 4.07. The second-order valence-corrected chi connectivity index (χ2v) is 6.42. The van der Waals surface area contributed by atoms with E-state index in [0.29, 0.717) is 22.9 Å². The Morgan fingerprint density at radius 3 is 2.36 bits per heavy atom. The summed E-state index contributed by atoms with van der Waals surface area (Å²) in [6, 6.07) is 7.42. The van der Waals surface area contributed by atoms with E-state index in [1.807, 2.05) is 31.2 Å². The lowest BCUT2D eigenvalue weighted by Gasteiger charge is -2.14. The molecule has 1 aromatic heterocycles. The third-order valence-corrected chi connectivity index (χ3v) is 4.59. The monoisotopic (exact) mass is 378 g/mol. The summed E-state index contributed by atoms with van der Waals surface area (Å²) < 4.78 is 9.51. The normalized spacial score (nSPS) is 11.1. The van der Waals surface area contributed by atoms with E-state index >= 15 is 0 Å². The number of para-hydroxylation sites is 1. The van der Waals surface area contributed by atoms with E-state index in [2.05, 4.69) is 15.3 Å². The zero-order valence-electron chi connectivity index (χ0n) is 15.9. The molecule has 2 aliphatic rings. The fourth-order valence-corrected chi connectivity index (χ4v) is 3.23. The van der Waals surface area contributed by atoms with E-state index in [1.165, 1.54) is 11.8 Å². The van der Waals surface area contributed by atoms with Gasteiger partial charge in [0.25, 0.3) is 5.56 Å². The minimum Gasteiger partial charge on any atom is -0.465 e. The fourth-order valence-electron chi connectivity index (χ4n) is 3.23. The lowest BCUT2D eigenvalue weighted by atomic mass is 10.1. The molecule has 0 saturated heterocycles.